The average molecular weight is 407 g/mol. The Labute approximate surface area is 163 Å². The molecule has 2 rings (SSSR count). The van der Waals surface area contributed by atoms with Crippen molar-refractivity contribution in [2.75, 3.05) is 19.7 Å². The van der Waals surface area contributed by atoms with Crippen molar-refractivity contribution in [3.63, 3.8) is 0 Å². The molecule has 7 nitrogen and oxygen atoms in total. The van der Waals surface area contributed by atoms with E-state index in [0.29, 0.717) is 13.1 Å². The number of amides is 1. The quantitative estimate of drug-likeness (QED) is 0.639. The van der Waals surface area contributed by atoms with E-state index in [2.05, 4.69) is 4.40 Å². The number of halogens is 1. The lowest BCUT2D eigenvalue weighted by atomic mass is 10.1. The van der Waals surface area contributed by atoms with Gasteiger partial charge >= 0.3 is 0 Å². The van der Waals surface area contributed by atoms with Crippen molar-refractivity contribution < 1.29 is 27.4 Å². The van der Waals surface area contributed by atoms with Gasteiger partial charge in [-0.1, -0.05) is 18.2 Å². The molecule has 0 N–H and O–H groups in total. The van der Waals surface area contributed by atoms with Crippen LogP contribution in [0.5, 0.6) is 0 Å². The first-order chi connectivity index (χ1) is 13.3. The summed E-state index contributed by atoms with van der Waals surface area (Å²) < 4.78 is 46.5. The molecule has 0 heterocycles. The van der Waals surface area contributed by atoms with Gasteiger partial charge in [-0.25, -0.2) is 4.39 Å². The first-order valence-electron chi connectivity index (χ1n) is 8.56. The second kappa shape index (κ2) is 9.32. The standard InChI is InChI=1S/C19H21FN2O5S/c1-3-22(4-2)18(23)13-27-19(24)16-7-5-6-8-17(16)21-28(25,26)15-11-9-14(20)10-12-15/h5-12,24H,3-4,13H2,1-2H3/p-1. The van der Waals surface area contributed by atoms with Crippen LogP contribution in [-0.2, 0) is 19.6 Å². The maximum absolute atomic E-state index is 13.0. The molecule has 1 aliphatic carbocycles. The van der Waals surface area contributed by atoms with Crippen LogP contribution in [-0.4, -0.2) is 44.6 Å². The van der Waals surface area contributed by atoms with E-state index in [1.807, 2.05) is 0 Å². The highest BCUT2D eigenvalue weighted by atomic mass is 32.2. The van der Waals surface area contributed by atoms with Crippen LogP contribution in [0, 0.1) is 5.82 Å². The predicted octanol–water partition coefficient (Wildman–Crippen LogP) is 1.54. The van der Waals surface area contributed by atoms with E-state index in [1.54, 1.807) is 13.8 Å². The van der Waals surface area contributed by atoms with E-state index in [0.717, 1.165) is 24.3 Å². The van der Waals surface area contributed by atoms with Crippen molar-refractivity contribution in [3.05, 3.63) is 65.9 Å². The zero-order valence-corrected chi connectivity index (χ0v) is 16.3. The molecule has 9 heteroatoms. The molecular formula is C19H20FN2O5S-. The summed E-state index contributed by atoms with van der Waals surface area (Å²) in [6.07, 6.45) is 5.72. The van der Waals surface area contributed by atoms with E-state index >= 15 is 0 Å². The van der Waals surface area contributed by atoms with E-state index in [9.17, 15) is 22.7 Å². The molecule has 0 radical (unpaired) electrons. The molecule has 0 fully saturated rings. The Morgan fingerprint density at radius 1 is 1.14 bits per heavy atom. The topological polar surface area (TPSA) is 99.1 Å². The lowest BCUT2D eigenvalue weighted by Gasteiger charge is -2.24. The van der Waals surface area contributed by atoms with Crippen molar-refractivity contribution in [2.24, 2.45) is 4.40 Å². The van der Waals surface area contributed by atoms with Crippen LogP contribution in [0.4, 0.5) is 4.39 Å². The van der Waals surface area contributed by atoms with Crippen molar-refractivity contribution in [1.82, 2.24) is 4.90 Å². The predicted molar refractivity (Wildman–Crippen MR) is 100 cm³/mol. The number of carbonyl (C=O) groups excluding carboxylic acids is 1. The summed E-state index contributed by atoms with van der Waals surface area (Å²) in [5.74, 6) is -1.80. The number of nitrogens with zero attached hydrogens (tertiary/aromatic N) is 2. The van der Waals surface area contributed by atoms with Gasteiger partial charge in [0.15, 0.2) is 0 Å². The zero-order chi connectivity index (χ0) is 20.7. The average Bonchev–Trinajstić information content (AvgIpc) is 2.67. The second-order valence-electron chi connectivity index (χ2n) is 5.68. The third-order valence-electron chi connectivity index (χ3n) is 3.90. The van der Waals surface area contributed by atoms with Crippen LogP contribution in [0.3, 0.4) is 0 Å². The molecule has 28 heavy (non-hydrogen) atoms. The summed E-state index contributed by atoms with van der Waals surface area (Å²) in [6.45, 7) is 4.11. The van der Waals surface area contributed by atoms with Gasteiger partial charge in [0.2, 0.25) is 5.91 Å². The van der Waals surface area contributed by atoms with Crippen LogP contribution in [0.1, 0.15) is 13.8 Å². The summed E-state index contributed by atoms with van der Waals surface area (Å²) in [5, 5.41) is 12.3. The highest BCUT2D eigenvalue weighted by Gasteiger charge is 2.17. The minimum Gasteiger partial charge on any atom is -0.603 e. The van der Waals surface area contributed by atoms with Gasteiger partial charge in [-0.2, -0.15) is 12.8 Å². The first-order valence-corrected chi connectivity index (χ1v) is 10.00. The number of likely N-dealkylation sites (N-methyl/N-ethyl adjacent to an activating group) is 1. The smallest absolute Gasteiger partial charge is 0.282 e. The number of benzene rings is 1. The summed E-state index contributed by atoms with van der Waals surface area (Å²) in [4.78, 5) is 13.3. The van der Waals surface area contributed by atoms with Crippen LogP contribution < -0.4 is 5.11 Å². The molecule has 0 bridgehead atoms. The largest absolute Gasteiger partial charge is 0.603 e. The van der Waals surface area contributed by atoms with E-state index < -0.39 is 28.4 Å². The number of rotatable bonds is 7. The fourth-order valence-electron chi connectivity index (χ4n) is 2.39. The molecule has 1 aromatic rings. The Kier molecular flexibility index (Phi) is 7.11. The summed E-state index contributed by atoms with van der Waals surface area (Å²) in [6, 6.07) is 4.17. The number of carbonyl (C=O) groups is 1. The third-order valence-corrected chi connectivity index (χ3v) is 5.20. The van der Waals surface area contributed by atoms with Gasteiger partial charge in [-0.15, -0.1) is 0 Å². The van der Waals surface area contributed by atoms with Gasteiger partial charge < -0.3 is 14.7 Å². The molecule has 0 unspecified atom stereocenters. The molecule has 0 atom stereocenters. The van der Waals surface area contributed by atoms with Crippen LogP contribution in [0.25, 0.3) is 0 Å². The van der Waals surface area contributed by atoms with Crippen molar-refractivity contribution in [1.29, 1.82) is 0 Å². The Morgan fingerprint density at radius 3 is 2.36 bits per heavy atom. The van der Waals surface area contributed by atoms with Crippen LogP contribution >= 0.6 is 0 Å². The van der Waals surface area contributed by atoms with E-state index in [1.165, 1.54) is 29.2 Å². The van der Waals surface area contributed by atoms with E-state index in [4.69, 9.17) is 4.74 Å². The highest BCUT2D eigenvalue weighted by Crippen LogP contribution is 2.18. The Balaban J connectivity index is 2.28. The lowest BCUT2D eigenvalue weighted by molar-refractivity contribution is -0.357. The molecule has 1 aromatic carbocycles. The minimum atomic E-state index is -4.16. The number of hydrogen-bond acceptors (Lipinski definition) is 5. The van der Waals surface area contributed by atoms with Crippen molar-refractivity contribution in [3.8, 4) is 0 Å². The minimum absolute atomic E-state index is 0.0967. The van der Waals surface area contributed by atoms with Gasteiger partial charge in [0.25, 0.3) is 10.0 Å². The Hall–Kier alpha value is -2.94. The summed E-state index contributed by atoms with van der Waals surface area (Å²) in [7, 11) is -4.16. The maximum Gasteiger partial charge on any atom is 0.282 e. The van der Waals surface area contributed by atoms with Crippen LogP contribution in [0.15, 0.2) is 69.4 Å². The van der Waals surface area contributed by atoms with E-state index in [-0.39, 0.29) is 22.1 Å². The van der Waals surface area contributed by atoms with Gasteiger partial charge in [-0.05, 0) is 44.2 Å². The van der Waals surface area contributed by atoms with Crippen molar-refractivity contribution >= 4 is 21.6 Å². The SMILES string of the molecule is CCN(CC)C(=O)COC([O-])=C1C=CC=CC1=NS(=O)(=O)c1ccc(F)cc1. The zero-order valence-electron chi connectivity index (χ0n) is 15.5. The van der Waals surface area contributed by atoms with Gasteiger partial charge in [0.05, 0.1) is 23.2 Å². The molecule has 0 spiro atoms. The molecule has 0 saturated heterocycles. The first kappa shape index (κ1) is 21.4. The van der Waals surface area contributed by atoms with Gasteiger partial charge in [0, 0.05) is 18.7 Å². The Bertz CT molecular complexity index is 943. The normalized spacial score (nSPS) is 16.9. The van der Waals surface area contributed by atoms with Crippen molar-refractivity contribution in [2.45, 2.75) is 18.7 Å². The summed E-state index contributed by atoms with van der Waals surface area (Å²) >= 11 is 0. The van der Waals surface area contributed by atoms with Gasteiger partial charge in [-0.3, -0.25) is 4.79 Å². The fourth-order valence-corrected chi connectivity index (χ4v) is 3.39. The lowest BCUT2D eigenvalue weighted by Crippen LogP contribution is -2.34. The number of hydrogen-bond donors (Lipinski definition) is 0. The number of ether oxygens (including phenoxy) is 1. The molecule has 1 amide bonds. The summed E-state index contributed by atoms with van der Waals surface area (Å²) in [5.41, 5.74) is -0.229. The Morgan fingerprint density at radius 2 is 1.75 bits per heavy atom. The molecular weight excluding hydrogens is 387 g/mol. The highest BCUT2D eigenvalue weighted by molar-refractivity contribution is 7.90. The maximum atomic E-state index is 13.0. The van der Waals surface area contributed by atoms with Gasteiger partial charge in [0.1, 0.15) is 5.82 Å². The third kappa shape index (κ3) is 5.29. The van der Waals surface area contributed by atoms with Crippen LogP contribution in [0.2, 0.25) is 0 Å². The molecule has 1 aliphatic rings. The second-order valence-corrected chi connectivity index (χ2v) is 7.28. The molecule has 0 aromatic heterocycles. The number of allylic oxidation sites excluding steroid dienone is 5. The molecule has 150 valence electrons. The molecule has 0 aliphatic heterocycles. The number of sulfonamides is 1. The fraction of sp³-hybridized carbons (Fsp3) is 0.263. The molecule has 0 saturated carbocycles. The monoisotopic (exact) mass is 407 g/mol.